The number of aromatic nitrogens is 1. The normalized spacial score (nSPS) is 12.8. The number of aromatic hydroxyl groups is 1. The Labute approximate surface area is 71.0 Å². The summed E-state index contributed by atoms with van der Waals surface area (Å²) in [6, 6.07) is 2.84. The van der Waals surface area contributed by atoms with Gasteiger partial charge in [-0.1, -0.05) is 0 Å². The second-order valence-corrected chi connectivity index (χ2v) is 2.47. The summed E-state index contributed by atoms with van der Waals surface area (Å²) in [5.41, 5.74) is 6.13. The van der Waals surface area contributed by atoms with Crippen LogP contribution in [0, 0.1) is 0 Å². The van der Waals surface area contributed by atoms with Gasteiger partial charge in [-0.2, -0.15) is 0 Å². The van der Waals surface area contributed by atoms with E-state index in [0.717, 1.165) is 0 Å². The van der Waals surface area contributed by atoms with E-state index >= 15 is 0 Å². The highest BCUT2D eigenvalue weighted by Gasteiger charge is 2.10. The monoisotopic (exact) mass is 168 g/mol. The van der Waals surface area contributed by atoms with Crippen LogP contribution >= 0.6 is 0 Å². The molecule has 0 unspecified atom stereocenters. The van der Waals surface area contributed by atoms with Gasteiger partial charge in [-0.15, -0.1) is 0 Å². The Morgan fingerprint density at radius 2 is 2.50 bits per heavy atom. The lowest BCUT2D eigenvalue weighted by molar-refractivity contribution is 0.178. The third-order valence-electron chi connectivity index (χ3n) is 1.51. The van der Waals surface area contributed by atoms with Gasteiger partial charge in [-0.25, -0.2) is 0 Å². The van der Waals surface area contributed by atoms with Crippen molar-refractivity contribution in [1.29, 1.82) is 0 Å². The fraction of sp³-hybridized carbons (Fsp3) is 0.375. The molecule has 0 spiro atoms. The SMILES string of the molecule is COC[C@H](N)c1ncccc1O. The lowest BCUT2D eigenvalue weighted by Crippen LogP contribution is -2.17. The van der Waals surface area contributed by atoms with E-state index in [2.05, 4.69) is 4.98 Å². The summed E-state index contributed by atoms with van der Waals surface area (Å²) in [4.78, 5) is 3.94. The highest BCUT2D eigenvalue weighted by atomic mass is 16.5. The molecule has 0 aromatic carbocycles. The molecule has 0 radical (unpaired) electrons. The fourth-order valence-corrected chi connectivity index (χ4v) is 0.953. The zero-order valence-corrected chi connectivity index (χ0v) is 6.90. The fourth-order valence-electron chi connectivity index (χ4n) is 0.953. The minimum Gasteiger partial charge on any atom is -0.506 e. The Hall–Kier alpha value is -1.13. The van der Waals surface area contributed by atoms with Crippen LogP contribution in [0.15, 0.2) is 18.3 Å². The Morgan fingerprint density at radius 3 is 3.08 bits per heavy atom. The lowest BCUT2D eigenvalue weighted by Gasteiger charge is -2.10. The number of methoxy groups -OCH3 is 1. The highest BCUT2D eigenvalue weighted by molar-refractivity contribution is 5.27. The van der Waals surface area contributed by atoms with E-state index in [0.29, 0.717) is 12.3 Å². The van der Waals surface area contributed by atoms with E-state index in [9.17, 15) is 5.11 Å². The molecule has 0 aliphatic carbocycles. The molecule has 3 N–H and O–H groups in total. The average molecular weight is 168 g/mol. The van der Waals surface area contributed by atoms with Gasteiger partial charge in [0, 0.05) is 13.3 Å². The van der Waals surface area contributed by atoms with Gasteiger partial charge in [-0.05, 0) is 12.1 Å². The summed E-state index contributed by atoms with van der Waals surface area (Å²) in [5, 5.41) is 9.31. The van der Waals surface area contributed by atoms with Crippen LogP contribution in [0.2, 0.25) is 0 Å². The minimum atomic E-state index is -0.365. The van der Waals surface area contributed by atoms with E-state index < -0.39 is 0 Å². The number of hydrogen-bond donors (Lipinski definition) is 2. The van der Waals surface area contributed by atoms with Gasteiger partial charge in [0.05, 0.1) is 12.6 Å². The van der Waals surface area contributed by atoms with Crippen molar-refractivity contribution in [1.82, 2.24) is 4.98 Å². The second-order valence-electron chi connectivity index (χ2n) is 2.47. The van der Waals surface area contributed by atoms with Crippen LogP contribution in [0.25, 0.3) is 0 Å². The van der Waals surface area contributed by atoms with Crippen molar-refractivity contribution in [3.05, 3.63) is 24.0 Å². The number of nitrogens with two attached hydrogens (primary N) is 1. The summed E-state index contributed by atoms with van der Waals surface area (Å²) in [5.74, 6) is 0.113. The minimum absolute atomic E-state index is 0.113. The number of rotatable bonds is 3. The molecule has 1 aromatic rings. The molecule has 4 nitrogen and oxygen atoms in total. The van der Waals surface area contributed by atoms with Crippen LogP contribution in [-0.2, 0) is 4.74 Å². The number of ether oxygens (including phenoxy) is 1. The van der Waals surface area contributed by atoms with Gasteiger partial charge < -0.3 is 15.6 Å². The first-order valence-electron chi connectivity index (χ1n) is 3.64. The average Bonchev–Trinajstić information content (AvgIpc) is 2.05. The van der Waals surface area contributed by atoms with Crippen LogP contribution in [0.5, 0.6) is 5.75 Å². The Bertz CT molecular complexity index is 253. The zero-order valence-electron chi connectivity index (χ0n) is 6.90. The topological polar surface area (TPSA) is 68.4 Å². The van der Waals surface area contributed by atoms with E-state index in [-0.39, 0.29) is 11.8 Å². The second kappa shape index (κ2) is 4.04. The summed E-state index contributed by atoms with van der Waals surface area (Å²) >= 11 is 0. The largest absolute Gasteiger partial charge is 0.506 e. The van der Waals surface area contributed by atoms with Gasteiger partial charge in [0.1, 0.15) is 11.4 Å². The molecule has 12 heavy (non-hydrogen) atoms. The predicted octanol–water partition coefficient (Wildman–Crippen LogP) is 0.433. The molecule has 0 saturated heterocycles. The first-order chi connectivity index (χ1) is 5.75. The molecule has 0 saturated carbocycles. The quantitative estimate of drug-likeness (QED) is 0.686. The van der Waals surface area contributed by atoms with Crippen molar-refractivity contribution < 1.29 is 9.84 Å². The first-order valence-corrected chi connectivity index (χ1v) is 3.64. The molecule has 1 aromatic heterocycles. The van der Waals surface area contributed by atoms with E-state index in [1.165, 1.54) is 0 Å². The maximum atomic E-state index is 9.31. The molecule has 4 heteroatoms. The van der Waals surface area contributed by atoms with Crippen molar-refractivity contribution in [2.24, 2.45) is 5.73 Å². The number of pyridine rings is 1. The summed E-state index contributed by atoms with van der Waals surface area (Å²) < 4.78 is 4.84. The van der Waals surface area contributed by atoms with Crippen LogP contribution in [0.4, 0.5) is 0 Å². The maximum absolute atomic E-state index is 9.31. The summed E-state index contributed by atoms with van der Waals surface area (Å²) in [7, 11) is 1.56. The van der Waals surface area contributed by atoms with Crippen molar-refractivity contribution >= 4 is 0 Å². The standard InChI is InChI=1S/C8H12N2O2/c1-12-5-6(9)8-7(11)3-2-4-10-8/h2-4,6,11H,5,9H2,1H3/t6-/m0/s1. The van der Waals surface area contributed by atoms with Gasteiger partial charge in [0.25, 0.3) is 0 Å². The maximum Gasteiger partial charge on any atom is 0.138 e. The lowest BCUT2D eigenvalue weighted by atomic mass is 10.2. The van der Waals surface area contributed by atoms with Crippen molar-refractivity contribution in [2.75, 3.05) is 13.7 Å². The van der Waals surface area contributed by atoms with E-state index in [4.69, 9.17) is 10.5 Å². The van der Waals surface area contributed by atoms with Crippen LogP contribution in [0.3, 0.4) is 0 Å². The Balaban J connectivity index is 2.79. The Kier molecular flexibility index (Phi) is 3.01. The third-order valence-corrected chi connectivity index (χ3v) is 1.51. The molecule has 1 heterocycles. The smallest absolute Gasteiger partial charge is 0.138 e. The van der Waals surface area contributed by atoms with Crippen molar-refractivity contribution in [3.8, 4) is 5.75 Å². The molecule has 1 rings (SSSR count). The Morgan fingerprint density at radius 1 is 1.75 bits per heavy atom. The van der Waals surface area contributed by atoms with Gasteiger partial charge in [0.15, 0.2) is 0 Å². The molecular weight excluding hydrogens is 156 g/mol. The van der Waals surface area contributed by atoms with Gasteiger partial charge >= 0.3 is 0 Å². The molecule has 1 atom stereocenters. The summed E-state index contributed by atoms with van der Waals surface area (Å²) in [6.07, 6.45) is 1.59. The molecule has 0 fully saturated rings. The van der Waals surface area contributed by atoms with Crippen LogP contribution in [0.1, 0.15) is 11.7 Å². The first kappa shape index (κ1) is 8.96. The molecule has 0 aliphatic rings. The van der Waals surface area contributed by atoms with E-state index in [1.54, 1.807) is 25.4 Å². The molecular formula is C8H12N2O2. The zero-order chi connectivity index (χ0) is 8.97. The van der Waals surface area contributed by atoms with Crippen LogP contribution < -0.4 is 5.73 Å². The number of nitrogens with zero attached hydrogens (tertiary/aromatic N) is 1. The predicted molar refractivity (Wildman–Crippen MR) is 44.7 cm³/mol. The van der Waals surface area contributed by atoms with Crippen LogP contribution in [-0.4, -0.2) is 23.8 Å². The van der Waals surface area contributed by atoms with Gasteiger partial charge in [-0.3, -0.25) is 4.98 Å². The van der Waals surface area contributed by atoms with E-state index in [1.807, 2.05) is 0 Å². The van der Waals surface area contributed by atoms with Crippen molar-refractivity contribution in [3.63, 3.8) is 0 Å². The molecule has 0 amide bonds. The number of hydrogen-bond acceptors (Lipinski definition) is 4. The molecule has 0 aliphatic heterocycles. The summed E-state index contributed by atoms with van der Waals surface area (Å²) in [6.45, 7) is 0.352. The van der Waals surface area contributed by atoms with Gasteiger partial charge in [0.2, 0.25) is 0 Å². The highest BCUT2D eigenvalue weighted by Crippen LogP contribution is 2.18. The third kappa shape index (κ3) is 1.93. The molecule has 0 bridgehead atoms. The molecule has 66 valence electrons. The van der Waals surface area contributed by atoms with Crippen molar-refractivity contribution in [2.45, 2.75) is 6.04 Å².